The van der Waals surface area contributed by atoms with Gasteiger partial charge in [-0.3, -0.25) is 9.59 Å². The highest BCUT2D eigenvalue weighted by Gasteiger charge is 2.12. The molecule has 0 amide bonds. The van der Waals surface area contributed by atoms with E-state index < -0.39 is 0 Å². The van der Waals surface area contributed by atoms with Gasteiger partial charge in [0, 0.05) is 11.1 Å². The van der Waals surface area contributed by atoms with E-state index in [0.29, 0.717) is 11.1 Å². The number of aryl methyl sites for hydroxylation is 2. The molecule has 0 aliphatic carbocycles. The summed E-state index contributed by atoms with van der Waals surface area (Å²) in [7, 11) is 0. The third kappa shape index (κ3) is 5.98. The molecule has 0 spiro atoms. The molecule has 0 radical (unpaired) electrons. The van der Waals surface area contributed by atoms with E-state index in [1.165, 1.54) is 33.4 Å². The summed E-state index contributed by atoms with van der Waals surface area (Å²) >= 11 is 0. The topological polar surface area (TPSA) is 34.1 Å². The average Bonchev–Trinajstić information content (AvgIpc) is 3.01. The predicted octanol–water partition coefficient (Wildman–Crippen LogP) is 9.60. The van der Waals surface area contributed by atoms with Crippen molar-refractivity contribution in [3.8, 4) is 22.3 Å². The Morgan fingerprint density at radius 2 is 0.750 bits per heavy atom. The largest absolute Gasteiger partial charge is 0.298 e. The summed E-state index contributed by atoms with van der Waals surface area (Å²) in [6.45, 7) is 4.34. The van der Waals surface area contributed by atoms with E-state index in [-0.39, 0.29) is 0 Å². The Kier molecular flexibility index (Phi) is 8.08. The Hall–Kier alpha value is -5.08. The fourth-order valence-corrected chi connectivity index (χ4v) is 4.92. The molecule has 0 N–H and O–H groups in total. The standard InChI is InChI=1S/C38H30O2/c1-27-23-38(36-10-6-4-8-34(36)22-20-30-13-17-32(26-40)18-14-30)28(2)24-37(27)35-9-5-3-7-33(35)21-19-29-11-15-31(25-39)16-12-29/h3-26H,1-2H3. The lowest BCUT2D eigenvalue weighted by Crippen LogP contribution is -1.93. The van der Waals surface area contributed by atoms with Crippen molar-refractivity contribution in [2.75, 3.05) is 0 Å². The minimum absolute atomic E-state index is 0.675. The van der Waals surface area contributed by atoms with Gasteiger partial charge in [0.25, 0.3) is 0 Å². The Bertz CT molecular complexity index is 1590. The highest BCUT2D eigenvalue weighted by atomic mass is 16.1. The van der Waals surface area contributed by atoms with Gasteiger partial charge in [0.15, 0.2) is 0 Å². The fourth-order valence-electron chi connectivity index (χ4n) is 4.92. The minimum atomic E-state index is 0.675. The van der Waals surface area contributed by atoms with Crippen LogP contribution in [-0.4, -0.2) is 12.6 Å². The fraction of sp³-hybridized carbons (Fsp3) is 0.0526. The van der Waals surface area contributed by atoms with Crippen LogP contribution in [-0.2, 0) is 0 Å². The summed E-state index contributed by atoms with van der Waals surface area (Å²) in [5.41, 5.74) is 12.9. The van der Waals surface area contributed by atoms with E-state index in [4.69, 9.17) is 0 Å². The molecule has 40 heavy (non-hydrogen) atoms. The molecular formula is C38H30O2. The first-order valence-electron chi connectivity index (χ1n) is 13.3. The third-order valence-electron chi connectivity index (χ3n) is 7.13. The van der Waals surface area contributed by atoms with Crippen LogP contribution in [0.2, 0.25) is 0 Å². The molecule has 0 aliphatic rings. The van der Waals surface area contributed by atoms with Crippen molar-refractivity contribution in [2.24, 2.45) is 0 Å². The van der Waals surface area contributed by atoms with Gasteiger partial charge in [-0.05, 0) is 69.5 Å². The maximum Gasteiger partial charge on any atom is 0.150 e. The summed E-state index contributed by atoms with van der Waals surface area (Å²) in [6, 6.07) is 36.6. The van der Waals surface area contributed by atoms with Crippen LogP contribution in [0, 0.1) is 13.8 Å². The van der Waals surface area contributed by atoms with Crippen LogP contribution in [0.25, 0.3) is 46.6 Å². The quantitative estimate of drug-likeness (QED) is 0.151. The maximum atomic E-state index is 11.0. The number of aldehydes is 2. The lowest BCUT2D eigenvalue weighted by Gasteiger charge is -2.16. The van der Waals surface area contributed by atoms with Crippen LogP contribution >= 0.6 is 0 Å². The van der Waals surface area contributed by atoms with Crippen LogP contribution in [0.5, 0.6) is 0 Å². The van der Waals surface area contributed by atoms with Crippen LogP contribution in [0.4, 0.5) is 0 Å². The van der Waals surface area contributed by atoms with Gasteiger partial charge in [-0.15, -0.1) is 0 Å². The molecule has 0 heterocycles. The Labute approximate surface area is 236 Å². The molecule has 0 saturated heterocycles. The van der Waals surface area contributed by atoms with Crippen LogP contribution in [0.3, 0.4) is 0 Å². The highest BCUT2D eigenvalue weighted by molar-refractivity contribution is 5.87. The van der Waals surface area contributed by atoms with E-state index in [9.17, 15) is 9.59 Å². The van der Waals surface area contributed by atoms with Gasteiger partial charge in [0.2, 0.25) is 0 Å². The predicted molar refractivity (Wildman–Crippen MR) is 168 cm³/mol. The van der Waals surface area contributed by atoms with Crippen molar-refractivity contribution in [1.29, 1.82) is 0 Å². The third-order valence-corrected chi connectivity index (χ3v) is 7.13. The summed E-state index contributed by atoms with van der Waals surface area (Å²) in [5.74, 6) is 0. The number of hydrogen-bond acceptors (Lipinski definition) is 2. The van der Waals surface area contributed by atoms with E-state index in [1.54, 1.807) is 0 Å². The molecule has 5 aromatic rings. The number of carbonyl (C=O) groups is 2. The second-order valence-corrected chi connectivity index (χ2v) is 9.89. The van der Waals surface area contributed by atoms with Crippen LogP contribution in [0.15, 0.2) is 109 Å². The van der Waals surface area contributed by atoms with Gasteiger partial charge >= 0.3 is 0 Å². The zero-order valence-corrected chi connectivity index (χ0v) is 22.7. The first kappa shape index (κ1) is 26.5. The van der Waals surface area contributed by atoms with E-state index in [2.05, 4.69) is 98.8 Å². The number of benzene rings is 5. The molecule has 0 fully saturated rings. The van der Waals surface area contributed by atoms with Gasteiger partial charge in [-0.2, -0.15) is 0 Å². The highest BCUT2D eigenvalue weighted by Crippen LogP contribution is 2.35. The van der Waals surface area contributed by atoms with Crippen LogP contribution in [0.1, 0.15) is 54.1 Å². The van der Waals surface area contributed by atoms with Crippen molar-refractivity contribution in [2.45, 2.75) is 13.8 Å². The molecule has 0 bridgehead atoms. The van der Waals surface area contributed by atoms with Crippen molar-refractivity contribution in [3.05, 3.63) is 154 Å². The Morgan fingerprint density at radius 1 is 0.400 bits per heavy atom. The lowest BCUT2D eigenvalue weighted by molar-refractivity contribution is 0.111. The molecule has 5 aromatic carbocycles. The molecule has 0 saturated carbocycles. The van der Waals surface area contributed by atoms with Gasteiger partial charge in [0.05, 0.1) is 0 Å². The van der Waals surface area contributed by atoms with E-state index in [0.717, 1.165) is 34.8 Å². The average molecular weight is 519 g/mol. The molecule has 0 aliphatic heterocycles. The van der Waals surface area contributed by atoms with Gasteiger partial charge in [-0.25, -0.2) is 0 Å². The number of carbonyl (C=O) groups excluding carboxylic acids is 2. The molecule has 2 nitrogen and oxygen atoms in total. The second-order valence-electron chi connectivity index (χ2n) is 9.89. The van der Waals surface area contributed by atoms with E-state index >= 15 is 0 Å². The normalized spacial score (nSPS) is 11.2. The lowest BCUT2D eigenvalue weighted by atomic mass is 9.88. The van der Waals surface area contributed by atoms with Gasteiger partial charge < -0.3 is 0 Å². The second kappa shape index (κ2) is 12.2. The first-order valence-corrected chi connectivity index (χ1v) is 13.3. The summed E-state index contributed by atoms with van der Waals surface area (Å²) in [4.78, 5) is 21.9. The number of hydrogen-bond donors (Lipinski definition) is 0. The molecule has 194 valence electrons. The molecule has 2 heteroatoms. The smallest absolute Gasteiger partial charge is 0.150 e. The maximum absolute atomic E-state index is 11.0. The molecule has 5 rings (SSSR count). The molecule has 0 aromatic heterocycles. The van der Waals surface area contributed by atoms with Gasteiger partial charge in [-0.1, -0.05) is 133 Å². The summed E-state index contributed by atoms with van der Waals surface area (Å²) in [5, 5.41) is 0. The zero-order valence-electron chi connectivity index (χ0n) is 22.7. The Balaban J connectivity index is 1.48. The minimum Gasteiger partial charge on any atom is -0.298 e. The SMILES string of the molecule is Cc1cc(-c2ccccc2C=Cc2ccc(C=O)cc2)c(C)cc1-c1ccccc1C=Cc1ccc(C=O)cc1. The zero-order chi connectivity index (χ0) is 27.9. The summed E-state index contributed by atoms with van der Waals surface area (Å²) < 4.78 is 0. The molecule has 0 unspecified atom stereocenters. The van der Waals surface area contributed by atoms with Crippen molar-refractivity contribution < 1.29 is 9.59 Å². The number of rotatable bonds is 8. The molecular weight excluding hydrogens is 488 g/mol. The van der Waals surface area contributed by atoms with Gasteiger partial charge in [0.1, 0.15) is 12.6 Å². The summed E-state index contributed by atoms with van der Waals surface area (Å²) in [6.07, 6.45) is 10.2. The van der Waals surface area contributed by atoms with Crippen molar-refractivity contribution in [3.63, 3.8) is 0 Å². The first-order chi connectivity index (χ1) is 19.6. The van der Waals surface area contributed by atoms with E-state index in [1.807, 2.05) is 48.5 Å². The van der Waals surface area contributed by atoms with Crippen LogP contribution < -0.4 is 0 Å². The Morgan fingerprint density at radius 3 is 1.12 bits per heavy atom. The van der Waals surface area contributed by atoms with Crippen molar-refractivity contribution in [1.82, 2.24) is 0 Å². The van der Waals surface area contributed by atoms with Crippen molar-refractivity contribution >= 4 is 36.9 Å². The molecule has 0 atom stereocenters. The monoisotopic (exact) mass is 518 g/mol.